The molecule has 1 aromatic carbocycles. The van der Waals surface area contributed by atoms with Gasteiger partial charge in [0.25, 0.3) is 11.8 Å². The van der Waals surface area contributed by atoms with E-state index in [0.717, 1.165) is 10.4 Å². The van der Waals surface area contributed by atoms with Crippen LogP contribution in [0.5, 0.6) is 0 Å². The van der Waals surface area contributed by atoms with Crippen LogP contribution in [0.3, 0.4) is 0 Å². The van der Waals surface area contributed by atoms with Crippen LogP contribution < -0.4 is 10.6 Å². The first-order chi connectivity index (χ1) is 10.5. The molecule has 0 bridgehead atoms. The van der Waals surface area contributed by atoms with Crippen molar-refractivity contribution in [2.75, 3.05) is 12.4 Å². The molecule has 1 heterocycles. The van der Waals surface area contributed by atoms with E-state index in [1.807, 2.05) is 19.9 Å². The van der Waals surface area contributed by atoms with Crippen molar-refractivity contribution in [3.63, 3.8) is 0 Å². The molecule has 22 heavy (non-hydrogen) atoms. The average Bonchev–Trinajstić information content (AvgIpc) is 2.81. The second-order valence-corrected chi connectivity index (χ2v) is 5.93. The summed E-state index contributed by atoms with van der Waals surface area (Å²) < 4.78 is 0. The summed E-state index contributed by atoms with van der Waals surface area (Å²) in [5, 5.41) is 14.7. The largest absolute Gasteiger partial charge is 0.355 e. The SMILES string of the molecule is CNC(=O)c1c(NC(=O)c2ccc(C#N)cc2)sc(C)c1C. The summed E-state index contributed by atoms with van der Waals surface area (Å²) in [4.78, 5) is 25.2. The molecule has 0 spiro atoms. The van der Waals surface area contributed by atoms with Crippen LogP contribution >= 0.6 is 11.3 Å². The fourth-order valence-corrected chi connectivity index (χ4v) is 3.04. The number of aryl methyl sites for hydroxylation is 1. The van der Waals surface area contributed by atoms with Crippen molar-refractivity contribution in [2.45, 2.75) is 13.8 Å². The van der Waals surface area contributed by atoms with Crippen LogP contribution in [-0.2, 0) is 0 Å². The lowest BCUT2D eigenvalue weighted by atomic mass is 10.1. The molecule has 6 heteroatoms. The van der Waals surface area contributed by atoms with Gasteiger partial charge in [0.2, 0.25) is 0 Å². The topological polar surface area (TPSA) is 82.0 Å². The average molecular weight is 313 g/mol. The number of nitrogens with zero attached hydrogens (tertiary/aromatic N) is 1. The van der Waals surface area contributed by atoms with E-state index in [-0.39, 0.29) is 11.8 Å². The van der Waals surface area contributed by atoms with Gasteiger partial charge in [0.05, 0.1) is 17.2 Å². The molecule has 2 rings (SSSR count). The molecule has 2 N–H and O–H groups in total. The number of nitriles is 1. The zero-order chi connectivity index (χ0) is 16.3. The van der Waals surface area contributed by atoms with E-state index in [9.17, 15) is 9.59 Å². The fraction of sp³-hybridized carbons (Fsp3) is 0.188. The van der Waals surface area contributed by atoms with Gasteiger partial charge < -0.3 is 10.6 Å². The lowest BCUT2D eigenvalue weighted by molar-refractivity contribution is 0.0963. The highest BCUT2D eigenvalue weighted by Crippen LogP contribution is 2.32. The van der Waals surface area contributed by atoms with Crippen LogP contribution in [0.15, 0.2) is 24.3 Å². The van der Waals surface area contributed by atoms with Gasteiger partial charge in [-0.1, -0.05) is 0 Å². The molecule has 0 saturated carbocycles. The summed E-state index contributed by atoms with van der Waals surface area (Å²) in [5.41, 5.74) is 2.28. The summed E-state index contributed by atoms with van der Waals surface area (Å²) in [6.45, 7) is 3.76. The molecule has 2 amide bonds. The second kappa shape index (κ2) is 6.41. The third-order valence-corrected chi connectivity index (χ3v) is 4.47. The molecular weight excluding hydrogens is 298 g/mol. The van der Waals surface area contributed by atoms with Crippen molar-refractivity contribution in [2.24, 2.45) is 0 Å². The van der Waals surface area contributed by atoms with Gasteiger partial charge in [0.1, 0.15) is 5.00 Å². The standard InChI is InChI=1S/C16H15N3O2S/c1-9-10(2)22-16(13(9)15(21)18-3)19-14(20)12-6-4-11(8-17)5-7-12/h4-7H,1-3H3,(H,18,21)(H,19,20). The van der Waals surface area contributed by atoms with Gasteiger partial charge in [-0.15, -0.1) is 11.3 Å². The summed E-state index contributed by atoms with van der Waals surface area (Å²) >= 11 is 1.37. The molecule has 0 unspecified atom stereocenters. The highest BCUT2D eigenvalue weighted by molar-refractivity contribution is 7.16. The number of benzene rings is 1. The van der Waals surface area contributed by atoms with Crippen LogP contribution in [0.4, 0.5) is 5.00 Å². The van der Waals surface area contributed by atoms with E-state index < -0.39 is 0 Å². The normalized spacial score (nSPS) is 9.91. The minimum Gasteiger partial charge on any atom is -0.355 e. The van der Waals surface area contributed by atoms with Crippen molar-refractivity contribution in [3.05, 3.63) is 51.4 Å². The molecule has 0 saturated heterocycles. The van der Waals surface area contributed by atoms with E-state index in [2.05, 4.69) is 10.6 Å². The van der Waals surface area contributed by atoms with Crippen LogP contribution in [0.2, 0.25) is 0 Å². The molecule has 2 aromatic rings. The number of amides is 2. The maximum atomic E-state index is 12.3. The Kier molecular flexibility index (Phi) is 4.59. The smallest absolute Gasteiger partial charge is 0.256 e. The number of anilines is 1. The minimum atomic E-state index is -0.309. The zero-order valence-corrected chi connectivity index (χ0v) is 13.3. The molecule has 0 aliphatic carbocycles. The second-order valence-electron chi connectivity index (χ2n) is 4.71. The Hall–Kier alpha value is -2.65. The Balaban J connectivity index is 2.30. The van der Waals surface area contributed by atoms with Gasteiger partial charge in [0, 0.05) is 17.5 Å². The number of hydrogen-bond acceptors (Lipinski definition) is 4. The number of thiophene rings is 1. The van der Waals surface area contributed by atoms with Crippen molar-refractivity contribution in [3.8, 4) is 6.07 Å². The van der Waals surface area contributed by atoms with Gasteiger partial charge >= 0.3 is 0 Å². The molecule has 0 fully saturated rings. The summed E-state index contributed by atoms with van der Waals surface area (Å²) in [6.07, 6.45) is 0. The van der Waals surface area contributed by atoms with Crippen LogP contribution in [0, 0.1) is 25.2 Å². The van der Waals surface area contributed by atoms with E-state index in [1.165, 1.54) is 11.3 Å². The third-order valence-electron chi connectivity index (χ3n) is 3.34. The van der Waals surface area contributed by atoms with Crippen LogP contribution in [0.25, 0.3) is 0 Å². The number of carbonyl (C=O) groups excluding carboxylic acids is 2. The molecule has 1 aromatic heterocycles. The maximum absolute atomic E-state index is 12.3. The van der Waals surface area contributed by atoms with E-state index >= 15 is 0 Å². The zero-order valence-electron chi connectivity index (χ0n) is 12.5. The Labute approximate surface area is 132 Å². The number of hydrogen-bond donors (Lipinski definition) is 2. The predicted molar refractivity (Wildman–Crippen MR) is 86.3 cm³/mol. The molecule has 5 nitrogen and oxygen atoms in total. The van der Waals surface area contributed by atoms with E-state index in [1.54, 1.807) is 31.3 Å². The van der Waals surface area contributed by atoms with Crippen molar-refractivity contribution < 1.29 is 9.59 Å². The van der Waals surface area contributed by atoms with E-state index in [0.29, 0.717) is 21.7 Å². The van der Waals surface area contributed by atoms with Crippen LogP contribution in [-0.4, -0.2) is 18.9 Å². The third kappa shape index (κ3) is 3.00. The van der Waals surface area contributed by atoms with Crippen LogP contribution in [0.1, 0.15) is 36.7 Å². The molecule has 0 aliphatic rings. The Morgan fingerprint density at radius 3 is 2.32 bits per heavy atom. The fourth-order valence-electron chi connectivity index (χ4n) is 1.98. The number of carbonyl (C=O) groups is 2. The van der Waals surface area contributed by atoms with Gasteiger partial charge in [0.15, 0.2) is 0 Å². The van der Waals surface area contributed by atoms with Crippen molar-refractivity contribution >= 4 is 28.2 Å². The Bertz CT molecular complexity index is 770. The van der Waals surface area contributed by atoms with Crippen molar-refractivity contribution in [1.29, 1.82) is 5.26 Å². The van der Waals surface area contributed by atoms with Gasteiger partial charge in [-0.25, -0.2) is 0 Å². The Morgan fingerprint density at radius 1 is 1.14 bits per heavy atom. The molecule has 0 radical (unpaired) electrons. The van der Waals surface area contributed by atoms with Gasteiger partial charge in [-0.2, -0.15) is 5.26 Å². The molecule has 0 atom stereocenters. The maximum Gasteiger partial charge on any atom is 0.256 e. The Morgan fingerprint density at radius 2 is 1.77 bits per heavy atom. The highest BCUT2D eigenvalue weighted by atomic mass is 32.1. The first-order valence-corrected chi connectivity index (χ1v) is 7.43. The summed E-state index contributed by atoms with van der Waals surface area (Å²) in [7, 11) is 1.56. The summed E-state index contributed by atoms with van der Waals surface area (Å²) in [6, 6.07) is 8.34. The monoisotopic (exact) mass is 313 g/mol. The quantitative estimate of drug-likeness (QED) is 0.914. The first-order valence-electron chi connectivity index (χ1n) is 6.61. The summed E-state index contributed by atoms with van der Waals surface area (Å²) in [5.74, 6) is -0.534. The predicted octanol–water partition coefficient (Wildman–Crippen LogP) is 2.85. The lowest BCUT2D eigenvalue weighted by Crippen LogP contribution is -2.21. The van der Waals surface area contributed by atoms with Gasteiger partial charge in [-0.05, 0) is 43.7 Å². The first kappa shape index (κ1) is 15.7. The molecular formula is C16H15N3O2S. The lowest BCUT2D eigenvalue weighted by Gasteiger charge is -2.06. The number of nitrogens with one attached hydrogen (secondary N) is 2. The minimum absolute atomic E-state index is 0.225. The van der Waals surface area contributed by atoms with E-state index in [4.69, 9.17) is 5.26 Å². The van der Waals surface area contributed by atoms with Crippen molar-refractivity contribution in [1.82, 2.24) is 5.32 Å². The number of rotatable bonds is 3. The molecule has 0 aliphatic heterocycles. The highest BCUT2D eigenvalue weighted by Gasteiger charge is 2.20. The van der Waals surface area contributed by atoms with Gasteiger partial charge in [-0.3, -0.25) is 9.59 Å². The molecule has 112 valence electrons.